The Hall–Kier alpha value is -2.86. The molecule has 0 spiro atoms. The van der Waals surface area contributed by atoms with Gasteiger partial charge in [-0.15, -0.1) is 11.3 Å². The molecule has 0 unspecified atom stereocenters. The van der Waals surface area contributed by atoms with Gasteiger partial charge in [0.2, 0.25) is 5.91 Å². The van der Waals surface area contributed by atoms with Crippen LogP contribution in [0.2, 0.25) is 0 Å². The van der Waals surface area contributed by atoms with Crippen LogP contribution in [-0.2, 0) is 9.53 Å². The number of carbonyl (C=O) groups excluding carboxylic acids is 2. The maximum absolute atomic E-state index is 12.8. The Labute approximate surface area is 174 Å². The average molecular weight is 412 g/mol. The van der Waals surface area contributed by atoms with Crippen molar-refractivity contribution < 1.29 is 19.1 Å². The van der Waals surface area contributed by atoms with Crippen LogP contribution in [0.15, 0.2) is 36.4 Å². The van der Waals surface area contributed by atoms with Crippen molar-refractivity contribution in [2.24, 2.45) is 5.92 Å². The minimum absolute atomic E-state index is 0.131. The van der Waals surface area contributed by atoms with Crippen molar-refractivity contribution in [3.63, 3.8) is 0 Å². The number of methoxy groups -OCH3 is 1. The van der Waals surface area contributed by atoms with E-state index in [2.05, 4.69) is 5.32 Å². The van der Waals surface area contributed by atoms with Gasteiger partial charge < -0.3 is 14.8 Å². The Morgan fingerprint density at radius 2 is 1.79 bits per heavy atom. The normalized spacial score (nSPS) is 11.0. The van der Waals surface area contributed by atoms with Crippen LogP contribution in [0.4, 0.5) is 5.00 Å². The highest BCUT2D eigenvalue weighted by molar-refractivity contribution is 7.17. The van der Waals surface area contributed by atoms with Crippen molar-refractivity contribution in [1.82, 2.24) is 0 Å². The number of carbonyl (C=O) groups is 2. The highest BCUT2D eigenvalue weighted by Gasteiger charge is 2.26. The fourth-order valence-electron chi connectivity index (χ4n) is 3.14. The molecule has 0 aliphatic heterocycles. The van der Waals surface area contributed by atoms with Crippen LogP contribution in [-0.4, -0.2) is 25.6 Å². The lowest BCUT2D eigenvalue weighted by molar-refractivity contribution is -0.118. The minimum atomic E-state index is -0.430. The highest BCUT2D eigenvalue weighted by atomic mass is 32.1. The largest absolute Gasteiger partial charge is 0.497 e. The molecule has 1 aromatic heterocycles. The second-order valence-corrected chi connectivity index (χ2v) is 8.25. The molecule has 2 aromatic carbocycles. The molecule has 29 heavy (non-hydrogen) atoms. The van der Waals surface area contributed by atoms with E-state index in [9.17, 15) is 9.59 Å². The molecular formula is C23H25NO4S. The summed E-state index contributed by atoms with van der Waals surface area (Å²) in [7, 11) is 1.64. The Morgan fingerprint density at radius 3 is 2.45 bits per heavy atom. The molecule has 6 heteroatoms. The van der Waals surface area contributed by atoms with E-state index in [1.54, 1.807) is 14.0 Å². The SMILES string of the molecule is CCOC(=O)c1c(NC(=O)C(C)C)sc(C)c1-c1ccc2cc(OC)ccc2c1. The molecule has 0 atom stereocenters. The van der Waals surface area contributed by atoms with Crippen LogP contribution in [0.3, 0.4) is 0 Å². The average Bonchev–Trinajstić information content (AvgIpc) is 3.02. The molecular weight excluding hydrogens is 386 g/mol. The summed E-state index contributed by atoms with van der Waals surface area (Å²) in [6, 6.07) is 11.9. The zero-order valence-electron chi connectivity index (χ0n) is 17.3. The predicted octanol–water partition coefficient (Wildman–Crippen LogP) is 5.66. The van der Waals surface area contributed by atoms with E-state index in [0.29, 0.717) is 10.6 Å². The third kappa shape index (κ3) is 4.27. The summed E-state index contributed by atoms with van der Waals surface area (Å²) in [5, 5.41) is 5.51. The van der Waals surface area contributed by atoms with Crippen molar-refractivity contribution in [2.75, 3.05) is 19.0 Å². The monoisotopic (exact) mass is 411 g/mol. The van der Waals surface area contributed by atoms with Gasteiger partial charge in [-0.1, -0.05) is 32.0 Å². The first kappa shape index (κ1) is 20.9. The number of esters is 1. The lowest BCUT2D eigenvalue weighted by atomic mass is 9.98. The Bertz CT molecular complexity index is 1070. The molecule has 5 nitrogen and oxygen atoms in total. The summed E-state index contributed by atoms with van der Waals surface area (Å²) < 4.78 is 10.6. The number of amides is 1. The van der Waals surface area contributed by atoms with Crippen LogP contribution in [0.1, 0.15) is 36.0 Å². The Morgan fingerprint density at radius 1 is 1.10 bits per heavy atom. The van der Waals surface area contributed by atoms with Crippen LogP contribution >= 0.6 is 11.3 Å². The van der Waals surface area contributed by atoms with Gasteiger partial charge in [0.05, 0.1) is 13.7 Å². The number of anilines is 1. The second kappa shape index (κ2) is 8.66. The first-order valence-corrected chi connectivity index (χ1v) is 10.4. The molecule has 0 bridgehead atoms. The number of nitrogens with one attached hydrogen (secondary N) is 1. The molecule has 0 radical (unpaired) electrons. The van der Waals surface area contributed by atoms with Crippen LogP contribution in [0, 0.1) is 12.8 Å². The fraction of sp³-hybridized carbons (Fsp3) is 0.304. The van der Waals surface area contributed by atoms with Gasteiger partial charge in [0.15, 0.2) is 0 Å². The number of hydrogen-bond acceptors (Lipinski definition) is 5. The van der Waals surface area contributed by atoms with E-state index < -0.39 is 5.97 Å². The summed E-state index contributed by atoms with van der Waals surface area (Å²) in [5.74, 6) is 0.0455. The Balaban J connectivity index is 2.14. The molecule has 0 aliphatic carbocycles. The van der Waals surface area contributed by atoms with Gasteiger partial charge in [0.25, 0.3) is 0 Å². The maximum Gasteiger partial charge on any atom is 0.341 e. The standard InChI is InChI=1S/C23H25NO4S/c1-6-28-23(26)20-19(14(4)29-22(20)24-21(25)13(2)3)17-8-7-16-12-18(27-5)10-9-15(16)11-17/h7-13H,6H2,1-5H3,(H,24,25). The molecule has 0 fully saturated rings. The second-order valence-electron chi connectivity index (χ2n) is 7.03. The van der Waals surface area contributed by atoms with Crippen molar-refractivity contribution in [3.8, 4) is 16.9 Å². The van der Waals surface area contributed by atoms with E-state index in [4.69, 9.17) is 9.47 Å². The molecule has 152 valence electrons. The lowest BCUT2D eigenvalue weighted by Crippen LogP contribution is -2.19. The van der Waals surface area contributed by atoms with E-state index >= 15 is 0 Å². The van der Waals surface area contributed by atoms with Crippen LogP contribution in [0.5, 0.6) is 5.75 Å². The van der Waals surface area contributed by atoms with Crippen molar-refractivity contribution in [3.05, 3.63) is 46.8 Å². The lowest BCUT2D eigenvalue weighted by Gasteiger charge is -2.11. The maximum atomic E-state index is 12.8. The number of aryl methyl sites for hydroxylation is 1. The number of hydrogen-bond donors (Lipinski definition) is 1. The summed E-state index contributed by atoms with van der Waals surface area (Å²) in [4.78, 5) is 26.0. The summed E-state index contributed by atoms with van der Waals surface area (Å²) in [6.45, 7) is 7.62. The van der Waals surface area contributed by atoms with Gasteiger partial charge in [-0.3, -0.25) is 4.79 Å². The summed E-state index contributed by atoms with van der Waals surface area (Å²) in [6.07, 6.45) is 0. The predicted molar refractivity (Wildman–Crippen MR) is 118 cm³/mol. The zero-order valence-corrected chi connectivity index (χ0v) is 18.1. The summed E-state index contributed by atoms with van der Waals surface area (Å²) >= 11 is 1.39. The third-order valence-electron chi connectivity index (χ3n) is 4.66. The number of benzene rings is 2. The quantitative estimate of drug-likeness (QED) is 0.532. The minimum Gasteiger partial charge on any atom is -0.497 e. The highest BCUT2D eigenvalue weighted by Crippen LogP contribution is 2.41. The van der Waals surface area contributed by atoms with Gasteiger partial charge in [-0.25, -0.2) is 4.79 Å². The number of ether oxygens (including phenoxy) is 2. The van der Waals surface area contributed by atoms with Gasteiger partial charge >= 0.3 is 5.97 Å². The third-order valence-corrected chi connectivity index (χ3v) is 5.68. The molecule has 1 heterocycles. The molecule has 0 saturated carbocycles. The van der Waals surface area contributed by atoms with Crippen molar-refractivity contribution in [1.29, 1.82) is 0 Å². The topological polar surface area (TPSA) is 64.6 Å². The molecule has 1 N–H and O–H groups in total. The van der Waals surface area contributed by atoms with Gasteiger partial charge in [-0.2, -0.15) is 0 Å². The first-order valence-electron chi connectivity index (χ1n) is 9.55. The Kier molecular flexibility index (Phi) is 6.23. The molecule has 0 saturated heterocycles. The van der Waals surface area contributed by atoms with E-state index in [1.807, 2.05) is 57.2 Å². The van der Waals surface area contributed by atoms with Crippen molar-refractivity contribution in [2.45, 2.75) is 27.7 Å². The zero-order chi connectivity index (χ0) is 21.1. The fourth-order valence-corrected chi connectivity index (χ4v) is 4.21. The molecule has 1 amide bonds. The summed E-state index contributed by atoms with van der Waals surface area (Å²) in [5.41, 5.74) is 2.12. The number of fused-ring (bicyclic) bond motifs is 1. The van der Waals surface area contributed by atoms with Gasteiger partial charge in [0.1, 0.15) is 16.3 Å². The molecule has 3 aromatic rings. The van der Waals surface area contributed by atoms with Gasteiger partial charge in [0, 0.05) is 16.4 Å². The number of thiophene rings is 1. The number of rotatable bonds is 6. The van der Waals surface area contributed by atoms with E-state index in [-0.39, 0.29) is 18.4 Å². The van der Waals surface area contributed by atoms with Crippen LogP contribution < -0.4 is 10.1 Å². The van der Waals surface area contributed by atoms with E-state index in [0.717, 1.165) is 32.5 Å². The van der Waals surface area contributed by atoms with Crippen LogP contribution in [0.25, 0.3) is 21.9 Å². The van der Waals surface area contributed by atoms with E-state index in [1.165, 1.54) is 11.3 Å². The van der Waals surface area contributed by atoms with Crippen molar-refractivity contribution >= 4 is 39.0 Å². The first-order chi connectivity index (χ1) is 13.8. The molecule has 0 aliphatic rings. The molecule has 3 rings (SSSR count). The van der Waals surface area contributed by atoms with Gasteiger partial charge in [-0.05, 0) is 48.4 Å². The smallest absolute Gasteiger partial charge is 0.341 e.